The van der Waals surface area contributed by atoms with Crippen molar-refractivity contribution in [1.29, 1.82) is 0 Å². The number of rotatable bonds is 5. The van der Waals surface area contributed by atoms with Gasteiger partial charge in [0.1, 0.15) is 42.2 Å². The summed E-state index contributed by atoms with van der Waals surface area (Å²) in [6, 6.07) is 21.1. The first kappa shape index (κ1) is 20.7. The lowest BCUT2D eigenvalue weighted by molar-refractivity contribution is -0.108. The Kier molecular flexibility index (Phi) is 5.03. The van der Waals surface area contributed by atoms with Gasteiger partial charge in [0, 0.05) is 29.1 Å². The minimum absolute atomic E-state index is 0.246. The average Bonchev–Trinajstić information content (AvgIpc) is 3.28. The van der Waals surface area contributed by atoms with Gasteiger partial charge in [0.05, 0.1) is 11.3 Å². The smallest absolute Gasteiger partial charge is 0.164 e. The number of pyridine rings is 1. The van der Waals surface area contributed by atoms with Crippen LogP contribution in [0.25, 0.3) is 27.9 Å². The molecule has 8 heteroatoms. The van der Waals surface area contributed by atoms with Crippen LogP contribution in [0.1, 0.15) is 17.0 Å². The second-order valence-electron chi connectivity index (χ2n) is 8.16. The molecule has 3 aromatic heterocycles. The van der Waals surface area contributed by atoms with Crippen molar-refractivity contribution in [2.24, 2.45) is 0 Å². The summed E-state index contributed by atoms with van der Waals surface area (Å²) in [4.78, 5) is 25.3. The summed E-state index contributed by atoms with van der Waals surface area (Å²) in [6.07, 6.45) is 5.81. The number of anilines is 1. The van der Waals surface area contributed by atoms with Crippen molar-refractivity contribution in [3.05, 3.63) is 102 Å². The van der Waals surface area contributed by atoms with E-state index in [2.05, 4.69) is 15.0 Å². The Bertz CT molecular complexity index is 1580. The Labute approximate surface area is 200 Å². The van der Waals surface area contributed by atoms with Crippen LogP contribution in [0.15, 0.2) is 91.2 Å². The van der Waals surface area contributed by atoms with E-state index in [4.69, 9.17) is 15.6 Å². The third-order valence-electron chi connectivity index (χ3n) is 6.11. The van der Waals surface area contributed by atoms with E-state index in [1.807, 2.05) is 66.7 Å². The SMILES string of the molecule is Nc1ncnc2c1c(-c1cccnc1)nn2CC1=C(c2ccccc2)C(C=O)c2ccccc2O1. The Hall–Kier alpha value is -4.85. The van der Waals surface area contributed by atoms with Crippen LogP contribution in [0.2, 0.25) is 0 Å². The zero-order valence-electron chi connectivity index (χ0n) is 18.6. The molecule has 1 atom stereocenters. The fraction of sp³-hybridized carbons (Fsp3) is 0.0741. The minimum atomic E-state index is -0.475. The van der Waals surface area contributed by atoms with Crippen LogP contribution in [-0.2, 0) is 11.3 Å². The first-order valence-electron chi connectivity index (χ1n) is 11.1. The van der Waals surface area contributed by atoms with Crippen molar-refractivity contribution in [3.63, 3.8) is 0 Å². The van der Waals surface area contributed by atoms with Crippen molar-refractivity contribution in [3.8, 4) is 17.0 Å². The molecular weight excluding hydrogens is 440 g/mol. The van der Waals surface area contributed by atoms with E-state index in [-0.39, 0.29) is 6.54 Å². The van der Waals surface area contributed by atoms with E-state index in [1.165, 1.54) is 6.33 Å². The Morgan fingerprint density at radius 3 is 2.57 bits per heavy atom. The number of para-hydroxylation sites is 1. The Morgan fingerprint density at radius 2 is 1.77 bits per heavy atom. The molecule has 1 aliphatic rings. The molecule has 0 radical (unpaired) electrons. The van der Waals surface area contributed by atoms with Gasteiger partial charge in [-0.25, -0.2) is 14.6 Å². The van der Waals surface area contributed by atoms with Gasteiger partial charge < -0.3 is 15.3 Å². The fourth-order valence-corrected chi connectivity index (χ4v) is 4.55. The van der Waals surface area contributed by atoms with E-state index >= 15 is 0 Å². The largest absolute Gasteiger partial charge is 0.459 e. The number of ether oxygens (including phenoxy) is 1. The van der Waals surface area contributed by atoms with Gasteiger partial charge >= 0.3 is 0 Å². The van der Waals surface area contributed by atoms with Gasteiger partial charge in [-0.3, -0.25) is 4.98 Å². The molecule has 8 nitrogen and oxygen atoms in total. The number of nitrogen functional groups attached to an aromatic ring is 1. The maximum absolute atomic E-state index is 12.4. The van der Waals surface area contributed by atoms with E-state index in [9.17, 15) is 4.79 Å². The monoisotopic (exact) mass is 460 g/mol. The molecule has 5 aromatic rings. The standard InChI is InChI=1S/C27H20N6O2/c28-26-24-25(18-9-6-12-29-13-18)32-33(27(24)31-16-30-26)14-22-23(17-7-2-1-3-8-17)20(15-34)19-10-4-5-11-21(19)35-22/h1-13,15-16,20H,14H2,(H2,28,30,31). The van der Waals surface area contributed by atoms with E-state index in [1.54, 1.807) is 17.1 Å². The highest BCUT2D eigenvalue weighted by molar-refractivity contribution is 5.98. The highest BCUT2D eigenvalue weighted by Gasteiger charge is 2.31. The first-order valence-corrected chi connectivity index (χ1v) is 11.1. The predicted molar refractivity (Wildman–Crippen MR) is 132 cm³/mol. The lowest BCUT2D eigenvalue weighted by atomic mass is 9.84. The molecule has 0 aliphatic carbocycles. The molecule has 0 saturated carbocycles. The number of nitrogens with two attached hydrogens (primary N) is 1. The topological polar surface area (TPSA) is 109 Å². The van der Waals surface area contributed by atoms with Crippen molar-refractivity contribution in [2.45, 2.75) is 12.5 Å². The van der Waals surface area contributed by atoms with Crippen LogP contribution in [0.4, 0.5) is 5.82 Å². The number of hydrogen-bond donors (Lipinski definition) is 1. The summed E-state index contributed by atoms with van der Waals surface area (Å²) in [7, 11) is 0. The lowest BCUT2D eigenvalue weighted by Crippen LogP contribution is -2.20. The van der Waals surface area contributed by atoms with Gasteiger partial charge in [0.15, 0.2) is 5.65 Å². The summed E-state index contributed by atoms with van der Waals surface area (Å²) in [5.74, 6) is 1.12. The molecule has 0 amide bonds. The van der Waals surface area contributed by atoms with Crippen LogP contribution in [0, 0.1) is 0 Å². The number of fused-ring (bicyclic) bond motifs is 2. The van der Waals surface area contributed by atoms with Crippen molar-refractivity contribution in [2.75, 3.05) is 5.73 Å². The number of carbonyl (C=O) groups excluding carboxylic acids is 1. The summed E-state index contributed by atoms with van der Waals surface area (Å²) in [6.45, 7) is 0.246. The van der Waals surface area contributed by atoms with E-state index < -0.39 is 5.92 Å². The van der Waals surface area contributed by atoms with Crippen molar-refractivity contribution in [1.82, 2.24) is 24.7 Å². The molecule has 0 fully saturated rings. The van der Waals surface area contributed by atoms with Crippen LogP contribution < -0.4 is 10.5 Å². The number of nitrogens with zero attached hydrogens (tertiary/aromatic N) is 5. The third kappa shape index (κ3) is 3.52. The number of allylic oxidation sites excluding steroid dienone is 2. The molecular formula is C27H20N6O2. The zero-order valence-corrected chi connectivity index (χ0v) is 18.6. The molecule has 0 bridgehead atoms. The number of aromatic nitrogens is 5. The van der Waals surface area contributed by atoms with Crippen molar-refractivity contribution < 1.29 is 9.53 Å². The molecule has 170 valence electrons. The minimum Gasteiger partial charge on any atom is -0.459 e. The van der Waals surface area contributed by atoms with Crippen LogP contribution in [0.3, 0.4) is 0 Å². The lowest BCUT2D eigenvalue weighted by Gasteiger charge is -2.28. The maximum Gasteiger partial charge on any atom is 0.164 e. The molecule has 0 spiro atoms. The van der Waals surface area contributed by atoms with Crippen LogP contribution in [-0.4, -0.2) is 31.0 Å². The number of hydrogen-bond acceptors (Lipinski definition) is 7. The second-order valence-corrected chi connectivity index (χ2v) is 8.16. The summed E-state index contributed by atoms with van der Waals surface area (Å²) >= 11 is 0. The van der Waals surface area contributed by atoms with E-state index in [0.717, 1.165) is 28.5 Å². The number of aldehydes is 1. The van der Waals surface area contributed by atoms with E-state index in [0.29, 0.717) is 34.1 Å². The number of carbonyl (C=O) groups is 1. The number of benzene rings is 2. The quantitative estimate of drug-likeness (QED) is 0.390. The molecule has 2 N–H and O–H groups in total. The molecule has 6 rings (SSSR count). The molecule has 1 aliphatic heterocycles. The second kappa shape index (κ2) is 8.49. The van der Waals surface area contributed by atoms with Crippen LogP contribution >= 0.6 is 0 Å². The molecule has 1 unspecified atom stereocenters. The third-order valence-corrected chi connectivity index (χ3v) is 6.11. The van der Waals surface area contributed by atoms with Gasteiger partial charge in [0.25, 0.3) is 0 Å². The van der Waals surface area contributed by atoms with Gasteiger partial charge in [-0.15, -0.1) is 0 Å². The van der Waals surface area contributed by atoms with Gasteiger partial charge in [0.2, 0.25) is 0 Å². The molecule has 0 saturated heterocycles. The summed E-state index contributed by atoms with van der Waals surface area (Å²) in [5.41, 5.74) is 10.8. The predicted octanol–water partition coefficient (Wildman–Crippen LogP) is 4.26. The maximum atomic E-state index is 12.4. The molecule has 35 heavy (non-hydrogen) atoms. The van der Waals surface area contributed by atoms with Gasteiger partial charge in [-0.05, 0) is 23.8 Å². The van der Waals surface area contributed by atoms with Gasteiger partial charge in [-0.2, -0.15) is 5.10 Å². The molecule has 2 aromatic carbocycles. The highest BCUT2D eigenvalue weighted by atomic mass is 16.5. The van der Waals surface area contributed by atoms with Gasteiger partial charge in [-0.1, -0.05) is 48.5 Å². The summed E-state index contributed by atoms with van der Waals surface area (Å²) < 4.78 is 8.14. The molecule has 4 heterocycles. The Morgan fingerprint density at radius 1 is 0.971 bits per heavy atom. The average molecular weight is 460 g/mol. The summed E-state index contributed by atoms with van der Waals surface area (Å²) in [5, 5.41) is 5.49. The highest BCUT2D eigenvalue weighted by Crippen LogP contribution is 2.43. The Balaban J connectivity index is 1.55. The normalized spacial score (nSPS) is 15.0. The fourth-order valence-electron chi connectivity index (χ4n) is 4.55. The first-order chi connectivity index (χ1) is 17.2. The zero-order chi connectivity index (χ0) is 23.8. The van der Waals surface area contributed by atoms with Crippen molar-refractivity contribution >= 4 is 28.7 Å². The van der Waals surface area contributed by atoms with Crippen LogP contribution in [0.5, 0.6) is 5.75 Å².